The predicted octanol–water partition coefficient (Wildman–Crippen LogP) is 3.25. The Kier molecular flexibility index (Phi) is 6.38. The molecule has 0 unspecified atom stereocenters. The van der Waals surface area contributed by atoms with E-state index in [-0.39, 0.29) is 11.8 Å². The molecule has 1 fully saturated rings. The van der Waals surface area contributed by atoms with Gasteiger partial charge in [0, 0.05) is 12.5 Å². The maximum atomic E-state index is 12.6. The van der Waals surface area contributed by atoms with Gasteiger partial charge in [0.15, 0.2) is 0 Å². The van der Waals surface area contributed by atoms with Crippen LogP contribution in [0.5, 0.6) is 5.75 Å². The Morgan fingerprint density at radius 3 is 2.39 bits per heavy atom. The molecule has 1 aliphatic rings. The summed E-state index contributed by atoms with van der Waals surface area (Å²) >= 11 is 0. The Labute approximate surface area is 180 Å². The van der Waals surface area contributed by atoms with Crippen LogP contribution in [0.25, 0.3) is 0 Å². The van der Waals surface area contributed by atoms with Crippen LogP contribution in [-0.4, -0.2) is 24.6 Å². The van der Waals surface area contributed by atoms with Gasteiger partial charge in [0.1, 0.15) is 18.3 Å². The van der Waals surface area contributed by atoms with Crippen molar-refractivity contribution in [2.45, 2.75) is 12.5 Å². The molecule has 2 atom stereocenters. The fourth-order valence-electron chi connectivity index (χ4n) is 3.56. The Morgan fingerprint density at radius 1 is 1.00 bits per heavy atom. The van der Waals surface area contributed by atoms with E-state index in [4.69, 9.17) is 4.74 Å². The van der Waals surface area contributed by atoms with Gasteiger partial charge in [0.2, 0.25) is 5.91 Å². The van der Waals surface area contributed by atoms with Crippen LogP contribution < -0.4 is 15.5 Å². The fourth-order valence-corrected chi connectivity index (χ4v) is 3.56. The summed E-state index contributed by atoms with van der Waals surface area (Å²) in [5, 5.41) is 6.80. The van der Waals surface area contributed by atoms with Crippen molar-refractivity contribution in [2.75, 3.05) is 6.54 Å². The largest absolute Gasteiger partial charge is 0.489 e. The molecule has 2 amide bonds. The Balaban J connectivity index is 1.32. The van der Waals surface area contributed by atoms with E-state index in [1.54, 1.807) is 6.21 Å². The highest BCUT2D eigenvalue weighted by molar-refractivity contribution is 6.03. The summed E-state index contributed by atoms with van der Waals surface area (Å²) in [6.07, 6.45) is 1.54. The minimum absolute atomic E-state index is 0.204. The Morgan fingerprint density at radius 2 is 1.68 bits per heavy atom. The van der Waals surface area contributed by atoms with Gasteiger partial charge in [-0.15, -0.1) is 0 Å². The predicted molar refractivity (Wildman–Crippen MR) is 119 cm³/mol. The molecule has 1 aliphatic heterocycles. The molecule has 6 nitrogen and oxygen atoms in total. The molecule has 1 saturated heterocycles. The number of nitrogens with zero attached hydrogens (tertiary/aromatic N) is 1. The van der Waals surface area contributed by atoms with Crippen LogP contribution in [0.3, 0.4) is 0 Å². The lowest BCUT2D eigenvalue weighted by Crippen LogP contribution is -2.34. The zero-order chi connectivity index (χ0) is 21.5. The monoisotopic (exact) mass is 413 g/mol. The third-order valence-electron chi connectivity index (χ3n) is 5.21. The van der Waals surface area contributed by atoms with Crippen molar-refractivity contribution in [3.05, 3.63) is 102 Å². The number of hydrazone groups is 1. The van der Waals surface area contributed by atoms with E-state index in [9.17, 15) is 9.59 Å². The molecular formula is C25H23N3O3. The van der Waals surface area contributed by atoms with Gasteiger partial charge in [-0.05, 0) is 41.0 Å². The fraction of sp³-hybridized carbons (Fsp3) is 0.160. The van der Waals surface area contributed by atoms with E-state index in [0.717, 1.165) is 22.4 Å². The van der Waals surface area contributed by atoms with E-state index in [0.29, 0.717) is 13.2 Å². The van der Waals surface area contributed by atoms with Gasteiger partial charge < -0.3 is 10.1 Å². The second-order valence-corrected chi connectivity index (χ2v) is 7.32. The molecule has 2 N–H and O–H groups in total. The van der Waals surface area contributed by atoms with Crippen molar-refractivity contribution < 1.29 is 14.3 Å². The molecular weight excluding hydrogens is 390 g/mol. The van der Waals surface area contributed by atoms with Gasteiger partial charge >= 0.3 is 0 Å². The van der Waals surface area contributed by atoms with Gasteiger partial charge in [0.05, 0.1) is 6.21 Å². The van der Waals surface area contributed by atoms with Crippen LogP contribution in [0.4, 0.5) is 0 Å². The molecule has 0 bridgehead atoms. The molecule has 1 heterocycles. The first-order valence-electron chi connectivity index (χ1n) is 10.1. The molecule has 0 saturated carbocycles. The molecule has 0 spiro atoms. The highest BCUT2D eigenvalue weighted by atomic mass is 16.5. The molecule has 0 aliphatic carbocycles. The maximum absolute atomic E-state index is 12.6. The van der Waals surface area contributed by atoms with Crippen molar-refractivity contribution in [1.29, 1.82) is 0 Å². The van der Waals surface area contributed by atoms with Crippen molar-refractivity contribution in [2.24, 2.45) is 11.0 Å². The summed E-state index contributed by atoms with van der Waals surface area (Å²) < 4.78 is 5.76. The number of hydrogen-bond acceptors (Lipinski definition) is 4. The summed E-state index contributed by atoms with van der Waals surface area (Å²) in [5.74, 6) is -0.944. The Bertz CT molecular complexity index is 1050. The van der Waals surface area contributed by atoms with Crippen LogP contribution in [0.15, 0.2) is 90.0 Å². The normalized spacial score (nSPS) is 18.0. The lowest BCUT2D eigenvalue weighted by molar-refractivity contribution is -0.133. The van der Waals surface area contributed by atoms with E-state index in [1.165, 1.54) is 0 Å². The van der Waals surface area contributed by atoms with E-state index >= 15 is 0 Å². The third-order valence-corrected chi connectivity index (χ3v) is 5.21. The molecule has 156 valence electrons. The van der Waals surface area contributed by atoms with Crippen LogP contribution in [0.2, 0.25) is 0 Å². The summed E-state index contributed by atoms with van der Waals surface area (Å²) in [6, 6.07) is 26.9. The number of nitrogens with one attached hydrogen (secondary N) is 2. The zero-order valence-electron chi connectivity index (χ0n) is 16.9. The smallest absolute Gasteiger partial charge is 0.253 e. The first-order chi connectivity index (χ1) is 15.2. The standard InChI is InChI=1S/C25H23N3O3/c29-24-23(22(16-26-24)20-9-5-2-6-10-20)25(30)28-27-15-18-11-13-21(14-12-18)31-17-19-7-3-1-4-8-19/h1-15,22-23H,16-17H2,(H,26,29)(H,28,30)/t22-,23-/m0/s1. The molecule has 3 aromatic rings. The number of carbonyl (C=O) groups excluding carboxylic acids is 2. The van der Waals surface area contributed by atoms with E-state index < -0.39 is 11.8 Å². The minimum Gasteiger partial charge on any atom is -0.489 e. The lowest BCUT2D eigenvalue weighted by Gasteiger charge is -2.15. The van der Waals surface area contributed by atoms with E-state index in [1.807, 2.05) is 84.9 Å². The average molecular weight is 413 g/mol. The topological polar surface area (TPSA) is 79.8 Å². The van der Waals surface area contributed by atoms with Crippen molar-refractivity contribution in [3.8, 4) is 5.75 Å². The Hall–Kier alpha value is -3.93. The highest BCUT2D eigenvalue weighted by Gasteiger charge is 2.40. The van der Waals surface area contributed by atoms with Gasteiger partial charge in [0.25, 0.3) is 5.91 Å². The molecule has 31 heavy (non-hydrogen) atoms. The summed E-state index contributed by atoms with van der Waals surface area (Å²) in [6.45, 7) is 0.936. The van der Waals surface area contributed by atoms with Crippen LogP contribution >= 0.6 is 0 Å². The highest BCUT2D eigenvalue weighted by Crippen LogP contribution is 2.29. The first-order valence-corrected chi connectivity index (χ1v) is 10.1. The number of carbonyl (C=O) groups is 2. The number of rotatable bonds is 7. The number of hydrogen-bond donors (Lipinski definition) is 2. The van der Waals surface area contributed by atoms with Crippen molar-refractivity contribution in [1.82, 2.24) is 10.7 Å². The molecule has 0 aromatic heterocycles. The minimum atomic E-state index is -0.798. The summed E-state index contributed by atoms with van der Waals surface area (Å²) in [7, 11) is 0. The number of ether oxygens (including phenoxy) is 1. The van der Waals surface area contributed by atoms with E-state index in [2.05, 4.69) is 15.8 Å². The van der Waals surface area contributed by atoms with Crippen LogP contribution in [-0.2, 0) is 16.2 Å². The first kappa shape index (κ1) is 20.3. The second-order valence-electron chi connectivity index (χ2n) is 7.32. The second kappa shape index (κ2) is 9.71. The summed E-state index contributed by atoms with van der Waals surface area (Å²) in [5.41, 5.74) is 5.36. The zero-order valence-corrected chi connectivity index (χ0v) is 16.9. The van der Waals surface area contributed by atoms with Gasteiger partial charge in [-0.25, -0.2) is 5.43 Å². The molecule has 0 radical (unpaired) electrons. The number of benzene rings is 3. The average Bonchev–Trinajstić information content (AvgIpc) is 3.21. The molecule has 4 rings (SSSR count). The summed E-state index contributed by atoms with van der Waals surface area (Å²) in [4.78, 5) is 24.8. The van der Waals surface area contributed by atoms with Gasteiger partial charge in [-0.1, -0.05) is 60.7 Å². The van der Waals surface area contributed by atoms with Gasteiger partial charge in [-0.2, -0.15) is 5.10 Å². The maximum Gasteiger partial charge on any atom is 0.253 e. The molecule has 6 heteroatoms. The van der Waals surface area contributed by atoms with Crippen molar-refractivity contribution in [3.63, 3.8) is 0 Å². The number of amides is 2. The van der Waals surface area contributed by atoms with Crippen LogP contribution in [0.1, 0.15) is 22.6 Å². The third kappa shape index (κ3) is 5.17. The molecule has 3 aromatic carbocycles. The van der Waals surface area contributed by atoms with Crippen LogP contribution in [0, 0.1) is 5.92 Å². The van der Waals surface area contributed by atoms with Gasteiger partial charge in [-0.3, -0.25) is 9.59 Å². The quantitative estimate of drug-likeness (QED) is 0.355. The SMILES string of the molecule is O=C1NC[C@@H](c2ccccc2)[C@@H]1C(=O)NN=Cc1ccc(OCc2ccccc2)cc1. The lowest BCUT2D eigenvalue weighted by atomic mass is 9.88. The van der Waals surface area contributed by atoms with Crippen molar-refractivity contribution >= 4 is 18.0 Å².